The van der Waals surface area contributed by atoms with Crippen LogP contribution in [0, 0.1) is 6.92 Å². The summed E-state index contributed by atoms with van der Waals surface area (Å²) < 4.78 is 1.79. The molecule has 2 N–H and O–H groups in total. The van der Waals surface area contributed by atoms with Crippen molar-refractivity contribution < 1.29 is 0 Å². The SMILES string of the molecule is Cc1ccc(-c2c(N)cnn2C)cc1. The van der Waals surface area contributed by atoms with Gasteiger partial charge in [-0.25, -0.2) is 0 Å². The van der Waals surface area contributed by atoms with Gasteiger partial charge in [-0.3, -0.25) is 4.68 Å². The molecule has 2 rings (SSSR count). The maximum absolute atomic E-state index is 5.83. The van der Waals surface area contributed by atoms with Crippen LogP contribution in [0.5, 0.6) is 0 Å². The number of nitrogens with zero attached hydrogens (tertiary/aromatic N) is 2. The van der Waals surface area contributed by atoms with E-state index >= 15 is 0 Å². The van der Waals surface area contributed by atoms with Crippen molar-refractivity contribution in [3.8, 4) is 11.3 Å². The summed E-state index contributed by atoms with van der Waals surface area (Å²) in [5.74, 6) is 0. The summed E-state index contributed by atoms with van der Waals surface area (Å²) in [6, 6.07) is 8.26. The fourth-order valence-corrected chi connectivity index (χ4v) is 1.52. The Hall–Kier alpha value is -1.77. The predicted molar refractivity (Wildman–Crippen MR) is 57.8 cm³/mol. The van der Waals surface area contributed by atoms with Gasteiger partial charge in [0.1, 0.15) is 0 Å². The molecule has 0 aliphatic carbocycles. The molecule has 0 spiro atoms. The van der Waals surface area contributed by atoms with Crippen molar-refractivity contribution >= 4 is 5.69 Å². The second-order valence-electron chi connectivity index (χ2n) is 3.44. The second kappa shape index (κ2) is 3.18. The molecule has 14 heavy (non-hydrogen) atoms. The van der Waals surface area contributed by atoms with Gasteiger partial charge in [-0.2, -0.15) is 5.10 Å². The molecule has 0 saturated heterocycles. The van der Waals surface area contributed by atoms with Crippen molar-refractivity contribution in [2.75, 3.05) is 5.73 Å². The Balaban J connectivity index is 2.54. The van der Waals surface area contributed by atoms with E-state index in [9.17, 15) is 0 Å². The molecule has 0 fully saturated rings. The van der Waals surface area contributed by atoms with Crippen LogP contribution in [0.1, 0.15) is 5.56 Å². The van der Waals surface area contributed by atoms with Crippen LogP contribution >= 0.6 is 0 Å². The van der Waals surface area contributed by atoms with Gasteiger partial charge in [0.25, 0.3) is 0 Å². The summed E-state index contributed by atoms with van der Waals surface area (Å²) in [6.07, 6.45) is 1.68. The Morgan fingerprint density at radius 1 is 1.21 bits per heavy atom. The Kier molecular flexibility index (Phi) is 2.00. The molecule has 3 nitrogen and oxygen atoms in total. The lowest BCUT2D eigenvalue weighted by Crippen LogP contribution is -1.95. The highest BCUT2D eigenvalue weighted by Crippen LogP contribution is 2.24. The minimum atomic E-state index is 0.719. The Morgan fingerprint density at radius 2 is 1.86 bits per heavy atom. The lowest BCUT2D eigenvalue weighted by atomic mass is 10.1. The molecule has 0 atom stereocenters. The van der Waals surface area contributed by atoms with Crippen molar-refractivity contribution in [2.24, 2.45) is 7.05 Å². The van der Waals surface area contributed by atoms with Crippen molar-refractivity contribution in [1.82, 2.24) is 9.78 Å². The van der Waals surface area contributed by atoms with Crippen molar-refractivity contribution in [1.29, 1.82) is 0 Å². The van der Waals surface area contributed by atoms with Crippen LogP contribution in [0.3, 0.4) is 0 Å². The molecule has 1 heterocycles. The summed E-state index contributed by atoms with van der Waals surface area (Å²) in [5.41, 5.74) is 9.87. The van der Waals surface area contributed by atoms with Crippen LogP contribution in [0.25, 0.3) is 11.3 Å². The van der Waals surface area contributed by atoms with Crippen LogP contribution in [-0.4, -0.2) is 9.78 Å². The van der Waals surface area contributed by atoms with Crippen LogP contribution in [0.2, 0.25) is 0 Å². The van der Waals surface area contributed by atoms with Crippen LogP contribution in [0.4, 0.5) is 5.69 Å². The fraction of sp³-hybridized carbons (Fsp3) is 0.182. The third-order valence-corrected chi connectivity index (χ3v) is 2.29. The molecule has 72 valence electrons. The van der Waals surface area contributed by atoms with Crippen LogP contribution in [-0.2, 0) is 7.05 Å². The number of nitrogen functional groups attached to an aromatic ring is 1. The van der Waals surface area contributed by atoms with Gasteiger partial charge in [0.2, 0.25) is 0 Å². The average molecular weight is 187 g/mol. The van der Waals surface area contributed by atoms with E-state index < -0.39 is 0 Å². The second-order valence-corrected chi connectivity index (χ2v) is 3.44. The lowest BCUT2D eigenvalue weighted by molar-refractivity contribution is 0.776. The number of nitrogens with two attached hydrogens (primary N) is 1. The normalized spacial score (nSPS) is 10.4. The first-order chi connectivity index (χ1) is 6.68. The minimum absolute atomic E-state index is 0.719. The Morgan fingerprint density at radius 3 is 2.36 bits per heavy atom. The van der Waals surface area contributed by atoms with E-state index in [-0.39, 0.29) is 0 Å². The zero-order valence-corrected chi connectivity index (χ0v) is 8.36. The average Bonchev–Trinajstić information content (AvgIpc) is 2.49. The van der Waals surface area contributed by atoms with Gasteiger partial charge in [-0.15, -0.1) is 0 Å². The molecule has 1 aromatic heterocycles. The van der Waals surface area contributed by atoms with E-state index in [0.29, 0.717) is 0 Å². The molecule has 0 amide bonds. The zero-order chi connectivity index (χ0) is 10.1. The summed E-state index contributed by atoms with van der Waals surface area (Å²) in [5, 5.41) is 4.11. The van der Waals surface area contributed by atoms with Gasteiger partial charge in [-0.1, -0.05) is 29.8 Å². The Bertz CT molecular complexity index is 421. The quantitative estimate of drug-likeness (QED) is 0.741. The molecule has 1 aromatic carbocycles. The van der Waals surface area contributed by atoms with Crippen molar-refractivity contribution in [2.45, 2.75) is 6.92 Å². The summed E-state index contributed by atoms with van der Waals surface area (Å²) in [6.45, 7) is 2.07. The van der Waals surface area contributed by atoms with Gasteiger partial charge in [0, 0.05) is 12.6 Å². The van der Waals surface area contributed by atoms with Gasteiger partial charge in [-0.05, 0) is 6.92 Å². The Labute approximate surface area is 83.2 Å². The molecule has 0 radical (unpaired) electrons. The summed E-state index contributed by atoms with van der Waals surface area (Å²) >= 11 is 0. The van der Waals surface area contributed by atoms with E-state index in [4.69, 9.17) is 5.73 Å². The predicted octanol–water partition coefficient (Wildman–Crippen LogP) is 1.98. The number of rotatable bonds is 1. The zero-order valence-electron chi connectivity index (χ0n) is 8.36. The van der Waals surface area contributed by atoms with Crippen LogP contribution in [0.15, 0.2) is 30.5 Å². The first kappa shape index (κ1) is 8.81. The maximum atomic E-state index is 5.83. The standard InChI is InChI=1S/C11H13N3/c1-8-3-5-9(6-4-8)11-10(12)7-13-14(11)2/h3-7H,12H2,1-2H3. The van der Waals surface area contributed by atoms with E-state index in [2.05, 4.69) is 36.3 Å². The van der Waals surface area contributed by atoms with E-state index in [1.54, 1.807) is 10.9 Å². The van der Waals surface area contributed by atoms with Crippen LogP contribution < -0.4 is 5.73 Å². The van der Waals surface area contributed by atoms with E-state index in [1.165, 1.54) is 5.56 Å². The summed E-state index contributed by atoms with van der Waals surface area (Å²) in [4.78, 5) is 0. The number of anilines is 1. The fourth-order valence-electron chi connectivity index (χ4n) is 1.52. The van der Waals surface area contributed by atoms with Gasteiger partial charge >= 0.3 is 0 Å². The highest BCUT2D eigenvalue weighted by Gasteiger charge is 2.06. The first-order valence-electron chi connectivity index (χ1n) is 4.53. The van der Waals surface area contributed by atoms with Gasteiger partial charge in [0.05, 0.1) is 17.6 Å². The minimum Gasteiger partial charge on any atom is -0.396 e. The molecule has 0 saturated carbocycles. The number of hydrogen-bond donors (Lipinski definition) is 1. The van der Waals surface area contributed by atoms with E-state index in [1.807, 2.05) is 7.05 Å². The highest BCUT2D eigenvalue weighted by molar-refractivity contribution is 5.72. The molecule has 0 unspecified atom stereocenters. The molecule has 3 heteroatoms. The third-order valence-electron chi connectivity index (χ3n) is 2.29. The summed E-state index contributed by atoms with van der Waals surface area (Å²) in [7, 11) is 1.89. The molecule has 2 aromatic rings. The molecular weight excluding hydrogens is 174 g/mol. The van der Waals surface area contributed by atoms with Crippen molar-refractivity contribution in [3.05, 3.63) is 36.0 Å². The monoisotopic (exact) mass is 187 g/mol. The smallest absolute Gasteiger partial charge is 0.0908 e. The van der Waals surface area contributed by atoms with Gasteiger partial charge in [0.15, 0.2) is 0 Å². The maximum Gasteiger partial charge on any atom is 0.0908 e. The number of hydrogen-bond acceptors (Lipinski definition) is 2. The molecular formula is C11H13N3. The first-order valence-corrected chi connectivity index (χ1v) is 4.53. The number of aryl methyl sites for hydroxylation is 2. The van der Waals surface area contributed by atoms with Crippen molar-refractivity contribution in [3.63, 3.8) is 0 Å². The molecule has 0 aliphatic rings. The van der Waals surface area contributed by atoms with Gasteiger partial charge < -0.3 is 5.73 Å². The highest BCUT2D eigenvalue weighted by atomic mass is 15.3. The number of aromatic nitrogens is 2. The third kappa shape index (κ3) is 1.37. The van der Waals surface area contributed by atoms with E-state index in [0.717, 1.165) is 16.9 Å². The lowest BCUT2D eigenvalue weighted by Gasteiger charge is -2.03. The largest absolute Gasteiger partial charge is 0.396 e. The number of benzene rings is 1. The topological polar surface area (TPSA) is 43.8 Å². The molecule has 0 aliphatic heterocycles. The molecule has 0 bridgehead atoms.